The van der Waals surface area contributed by atoms with Gasteiger partial charge in [-0.1, -0.05) is 28.8 Å². The average molecular weight is 280 g/mol. The molecule has 1 fully saturated rings. The van der Waals surface area contributed by atoms with Crippen molar-refractivity contribution in [1.82, 2.24) is 0 Å². The maximum Gasteiger partial charge on any atom is 0.134 e. The molecule has 3 heteroatoms. The van der Waals surface area contributed by atoms with E-state index in [9.17, 15) is 0 Å². The van der Waals surface area contributed by atoms with E-state index in [0.717, 1.165) is 33.5 Å². The molecule has 0 saturated heterocycles. The van der Waals surface area contributed by atoms with Crippen molar-refractivity contribution in [3.8, 4) is 0 Å². The van der Waals surface area contributed by atoms with Crippen molar-refractivity contribution in [2.75, 3.05) is 0 Å². The van der Waals surface area contributed by atoms with Crippen LogP contribution in [0.15, 0.2) is 33.2 Å². The SMILES string of the molecule is N[C@H](CC1CC1)c1cc2cc(Br)ccc2o1. The van der Waals surface area contributed by atoms with Gasteiger partial charge in [0, 0.05) is 9.86 Å². The summed E-state index contributed by atoms with van der Waals surface area (Å²) in [6.07, 6.45) is 3.72. The lowest BCUT2D eigenvalue weighted by Gasteiger charge is -2.06. The zero-order chi connectivity index (χ0) is 11.1. The number of furan rings is 1. The number of halogens is 1. The van der Waals surface area contributed by atoms with Crippen LogP contribution < -0.4 is 5.73 Å². The summed E-state index contributed by atoms with van der Waals surface area (Å²) in [7, 11) is 0. The molecule has 1 aliphatic rings. The van der Waals surface area contributed by atoms with Gasteiger partial charge in [0.1, 0.15) is 11.3 Å². The minimum atomic E-state index is 0.0543. The van der Waals surface area contributed by atoms with Gasteiger partial charge in [-0.05, 0) is 36.6 Å². The molecule has 1 saturated carbocycles. The largest absolute Gasteiger partial charge is 0.459 e. The van der Waals surface area contributed by atoms with Crippen LogP contribution in [-0.2, 0) is 0 Å². The normalized spacial score (nSPS) is 17.9. The van der Waals surface area contributed by atoms with Crippen molar-refractivity contribution in [3.05, 3.63) is 34.5 Å². The molecule has 0 spiro atoms. The van der Waals surface area contributed by atoms with E-state index in [1.165, 1.54) is 12.8 Å². The molecule has 3 rings (SSSR count). The van der Waals surface area contributed by atoms with Crippen molar-refractivity contribution >= 4 is 26.9 Å². The first-order valence-corrected chi connectivity index (χ1v) is 6.46. The third-order valence-corrected chi connectivity index (χ3v) is 3.64. The van der Waals surface area contributed by atoms with Crippen LogP contribution in [0, 0.1) is 5.92 Å². The zero-order valence-electron chi connectivity index (χ0n) is 8.95. The van der Waals surface area contributed by atoms with Crippen molar-refractivity contribution in [3.63, 3.8) is 0 Å². The second-order valence-corrected chi connectivity index (χ2v) is 5.53. The highest BCUT2D eigenvalue weighted by atomic mass is 79.9. The number of hydrogen-bond donors (Lipinski definition) is 1. The fourth-order valence-electron chi connectivity index (χ4n) is 2.05. The Kier molecular flexibility index (Phi) is 2.52. The highest BCUT2D eigenvalue weighted by molar-refractivity contribution is 9.10. The van der Waals surface area contributed by atoms with Crippen molar-refractivity contribution < 1.29 is 4.42 Å². The van der Waals surface area contributed by atoms with Crippen LogP contribution in [0.1, 0.15) is 31.1 Å². The van der Waals surface area contributed by atoms with Crippen LogP contribution in [-0.4, -0.2) is 0 Å². The lowest BCUT2D eigenvalue weighted by Crippen LogP contribution is -2.09. The Bertz CT molecular complexity index is 516. The maximum absolute atomic E-state index is 6.13. The van der Waals surface area contributed by atoms with Gasteiger partial charge < -0.3 is 10.2 Å². The maximum atomic E-state index is 6.13. The van der Waals surface area contributed by atoms with Crippen LogP contribution >= 0.6 is 15.9 Å². The Labute approximate surface area is 103 Å². The second-order valence-electron chi connectivity index (χ2n) is 4.62. The predicted octanol–water partition coefficient (Wildman–Crippen LogP) is 4.00. The molecule has 1 atom stereocenters. The standard InChI is InChI=1S/C13H14BrNO/c14-10-3-4-12-9(6-10)7-13(16-12)11(15)5-8-1-2-8/h3-4,6-8,11H,1-2,5,15H2/t11-/m1/s1. The molecule has 1 heterocycles. The molecular formula is C13H14BrNO. The summed E-state index contributed by atoms with van der Waals surface area (Å²) in [4.78, 5) is 0. The number of nitrogens with two attached hydrogens (primary N) is 1. The van der Waals surface area contributed by atoms with E-state index < -0.39 is 0 Å². The van der Waals surface area contributed by atoms with Gasteiger partial charge in [-0.2, -0.15) is 0 Å². The molecule has 1 aromatic carbocycles. The van der Waals surface area contributed by atoms with Gasteiger partial charge in [0.2, 0.25) is 0 Å². The molecule has 0 amide bonds. The van der Waals surface area contributed by atoms with Gasteiger partial charge in [-0.3, -0.25) is 0 Å². The Hall–Kier alpha value is -0.800. The van der Waals surface area contributed by atoms with Gasteiger partial charge in [-0.15, -0.1) is 0 Å². The Morgan fingerprint density at radius 3 is 2.94 bits per heavy atom. The van der Waals surface area contributed by atoms with Gasteiger partial charge in [0.05, 0.1) is 6.04 Å². The van der Waals surface area contributed by atoms with Crippen LogP contribution in [0.25, 0.3) is 11.0 Å². The van der Waals surface area contributed by atoms with Crippen LogP contribution in [0.3, 0.4) is 0 Å². The zero-order valence-corrected chi connectivity index (χ0v) is 10.5. The van der Waals surface area contributed by atoms with E-state index in [4.69, 9.17) is 10.2 Å². The molecule has 0 unspecified atom stereocenters. The summed E-state index contributed by atoms with van der Waals surface area (Å²) < 4.78 is 6.84. The smallest absolute Gasteiger partial charge is 0.134 e. The topological polar surface area (TPSA) is 39.2 Å². The fourth-order valence-corrected chi connectivity index (χ4v) is 2.43. The molecule has 2 nitrogen and oxygen atoms in total. The summed E-state index contributed by atoms with van der Waals surface area (Å²) in [5.74, 6) is 1.75. The number of benzene rings is 1. The summed E-state index contributed by atoms with van der Waals surface area (Å²) in [5, 5.41) is 1.12. The molecule has 2 aromatic rings. The highest BCUT2D eigenvalue weighted by Crippen LogP contribution is 2.37. The summed E-state index contributed by atoms with van der Waals surface area (Å²) in [5.41, 5.74) is 7.05. The summed E-state index contributed by atoms with van der Waals surface area (Å²) in [6.45, 7) is 0. The summed E-state index contributed by atoms with van der Waals surface area (Å²) >= 11 is 3.46. The monoisotopic (exact) mass is 279 g/mol. The molecular weight excluding hydrogens is 266 g/mol. The summed E-state index contributed by atoms with van der Waals surface area (Å²) in [6, 6.07) is 8.15. The van der Waals surface area contributed by atoms with E-state index in [1.54, 1.807) is 0 Å². The first-order chi connectivity index (χ1) is 7.72. The Morgan fingerprint density at radius 1 is 1.38 bits per heavy atom. The fraction of sp³-hybridized carbons (Fsp3) is 0.385. The van der Waals surface area contributed by atoms with Crippen molar-refractivity contribution in [2.45, 2.75) is 25.3 Å². The molecule has 84 valence electrons. The first-order valence-electron chi connectivity index (χ1n) is 5.67. The van der Waals surface area contributed by atoms with E-state index in [1.807, 2.05) is 12.1 Å². The first kappa shape index (κ1) is 10.4. The van der Waals surface area contributed by atoms with Gasteiger partial charge >= 0.3 is 0 Å². The Balaban J connectivity index is 1.91. The molecule has 0 aliphatic heterocycles. The number of rotatable bonds is 3. The van der Waals surface area contributed by atoms with Gasteiger partial charge in [0.15, 0.2) is 0 Å². The second kappa shape index (κ2) is 3.90. The quantitative estimate of drug-likeness (QED) is 0.923. The van der Waals surface area contributed by atoms with Crippen molar-refractivity contribution in [1.29, 1.82) is 0 Å². The molecule has 0 bridgehead atoms. The van der Waals surface area contributed by atoms with E-state index >= 15 is 0 Å². The molecule has 16 heavy (non-hydrogen) atoms. The molecule has 0 radical (unpaired) electrons. The number of fused-ring (bicyclic) bond motifs is 1. The van der Waals surface area contributed by atoms with Crippen LogP contribution in [0.5, 0.6) is 0 Å². The molecule has 2 N–H and O–H groups in total. The van der Waals surface area contributed by atoms with Crippen LogP contribution in [0.2, 0.25) is 0 Å². The minimum absolute atomic E-state index is 0.0543. The van der Waals surface area contributed by atoms with Gasteiger partial charge in [-0.25, -0.2) is 0 Å². The lowest BCUT2D eigenvalue weighted by molar-refractivity contribution is 0.463. The third-order valence-electron chi connectivity index (χ3n) is 3.15. The van der Waals surface area contributed by atoms with E-state index in [-0.39, 0.29) is 6.04 Å². The highest BCUT2D eigenvalue weighted by Gasteiger charge is 2.25. The Morgan fingerprint density at radius 2 is 2.19 bits per heavy atom. The third kappa shape index (κ3) is 2.02. The molecule has 1 aliphatic carbocycles. The van der Waals surface area contributed by atoms with Gasteiger partial charge in [0.25, 0.3) is 0 Å². The van der Waals surface area contributed by atoms with E-state index in [0.29, 0.717) is 0 Å². The van der Waals surface area contributed by atoms with E-state index in [2.05, 4.69) is 28.1 Å². The predicted molar refractivity (Wildman–Crippen MR) is 68.2 cm³/mol. The average Bonchev–Trinajstić information content (AvgIpc) is 2.95. The lowest BCUT2D eigenvalue weighted by atomic mass is 10.1. The van der Waals surface area contributed by atoms with Crippen LogP contribution in [0.4, 0.5) is 0 Å². The minimum Gasteiger partial charge on any atom is -0.459 e. The number of hydrogen-bond acceptors (Lipinski definition) is 2. The molecule has 1 aromatic heterocycles. The van der Waals surface area contributed by atoms with Crippen molar-refractivity contribution in [2.24, 2.45) is 11.7 Å².